The first kappa shape index (κ1) is 14.0. The first-order valence-electron chi connectivity index (χ1n) is 6.42. The highest BCUT2D eigenvalue weighted by Crippen LogP contribution is 2.29. The van der Waals surface area contributed by atoms with Crippen LogP contribution in [0, 0.1) is 11.7 Å². The third-order valence-electron chi connectivity index (χ3n) is 3.68. The highest BCUT2D eigenvalue weighted by Gasteiger charge is 2.27. The summed E-state index contributed by atoms with van der Waals surface area (Å²) in [7, 11) is 0. The predicted molar refractivity (Wildman–Crippen MR) is 75.8 cm³/mol. The van der Waals surface area contributed by atoms with Gasteiger partial charge in [-0.05, 0) is 37.5 Å². The van der Waals surface area contributed by atoms with E-state index >= 15 is 0 Å². The fraction of sp³-hybridized carbons (Fsp3) is 0.571. The molecule has 100 valence electrons. The van der Waals surface area contributed by atoms with Gasteiger partial charge in [-0.25, -0.2) is 4.39 Å². The van der Waals surface area contributed by atoms with Crippen molar-refractivity contribution in [1.82, 2.24) is 4.90 Å². The van der Waals surface area contributed by atoms with Gasteiger partial charge in [-0.3, -0.25) is 4.90 Å². The van der Waals surface area contributed by atoms with Crippen LogP contribution in [0.15, 0.2) is 22.7 Å². The molecule has 1 aromatic rings. The van der Waals surface area contributed by atoms with Gasteiger partial charge in [0.1, 0.15) is 5.82 Å². The number of benzene rings is 1. The Morgan fingerprint density at radius 1 is 1.44 bits per heavy atom. The van der Waals surface area contributed by atoms with E-state index in [0.29, 0.717) is 5.92 Å². The lowest BCUT2D eigenvalue weighted by Crippen LogP contribution is -2.47. The molecule has 0 saturated carbocycles. The fourth-order valence-corrected chi connectivity index (χ4v) is 3.17. The van der Waals surface area contributed by atoms with Crippen molar-refractivity contribution < 1.29 is 4.39 Å². The van der Waals surface area contributed by atoms with Gasteiger partial charge in [0, 0.05) is 35.2 Å². The summed E-state index contributed by atoms with van der Waals surface area (Å²) in [5, 5.41) is 0. The van der Waals surface area contributed by atoms with Crippen LogP contribution < -0.4 is 5.73 Å². The summed E-state index contributed by atoms with van der Waals surface area (Å²) in [6.07, 6.45) is 1.06. The van der Waals surface area contributed by atoms with E-state index in [0.717, 1.165) is 29.5 Å². The van der Waals surface area contributed by atoms with Gasteiger partial charge < -0.3 is 5.73 Å². The Kier molecular flexibility index (Phi) is 4.41. The molecule has 1 aliphatic rings. The van der Waals surface area contributed by atoms with Crippen molar-refractivity contribution in [3.8, 4) is 0 Å². The average molecular weight is 315 g/mol. The predicted octanol–water partition coefficient (Wildman–Crippen LogP) is 3.32. The van der Waals surface area contributed by atoms with Gasteiger partial charge in [0.2, 0.25) is 0 Å². The smallest absolute Gasteiger partial charge is 0.128 e. The van der Waals surface area contributed by atoms with Crippen LogP contribution in [0.1, 0.15) is 31.9 Å². The number of hydrogen-bond donors (Lipinski definition) is 1. The summed E-state index contributed by atoms with van der Waals surface area (Å²) < 4.78 is 14.8. The zero-order valence-corrected chi connectivity index (χ0v) is 12.5. The van der Waals surface area contributed by atoms with Gasteiger partial charge in [0.15, 0.2) is 0 Å². The minimum absolute atomic E-state index is 0.0660. The Labute approximate surface area is 116 Å². The summed E-state index contributed by atoms with van der Waals surface area (Å²) in [6.45, 7) is 6.09. The van der Waals surface area contributed by atoms with E-state index in [1.54, 1.807) is 6.07 Å². The van der Waals surface area contributed by atoms with Crippen LogP contribution in [0.25, 0.3) is 0 Å². The molecule has 1 fully saturated rings. The monoisotopic (exact) mass is 314 g/mol. The van der Waals surface area contributed by atoms with Crippen molar-refractivity contribution in [2.75, 3.05) is 13.1 Å². The minimum Gasteiger partial charge on any atom is -0.327 e. The van der Waals surface area contributed by atoms with Crippen molar-refractivity contribution in [1.29, 1.82) is 0 Å². The quantitative estimate of drug-likeness (QED) is 0.907. The molecule has 0 spiro atoms. The number of piperidine rings is 1. The van der Waals surface area contributed by atoms with E-state index in [9.17, 15) is 4.39 Å². The molecular formula is C14H20BrFN2. The van der Waals surface area contributed by atoms with Crippen molar-refractivity contribution in [3.05, 3.63) is 34.1 Å². The Hall–Kier alpha value is -0.450. The molecule has 1 aliphatic heterocycles. The molecule has 4 heteroatoms. The SMILES string of the molecule is CC1CC(N)CN(C(C)c2cc(Br)ccc2F)C1. The second-order valence-corrected chi connectivity index (χ2v) is 6.31. The largest absolute Gasteiger partial charge is 0.327 e. The van der Waals surface area contributed by atoms with Crippen molar-refractivity contribution in [3.63, 3.8) is 0 Å². The molecule has 1 saturated heterocycles. The normalized spacial score (nSPS) is 27.2. The molecule has 3 unspecified atom stereocenters. The number of hydrogen-bond acceptors (Lipinski definition) is 2. The second-order valence-electron chi connectivity index (χ2n) is 5.40. The van der Waals surface area contributed by atoms with Crippen LogP contribution >= 0.6 is 15.9 Å². The lowest BCUT2D eigenvalue weighted by molar-refractivity contribution is 0.122. The summed E-state index contributed by atoms with van der Waals surface area (Å²) in [5.41, 5.74) is 6.80. The molecule has 0 bridgehead atoms. The zero-order valence-electron chi connectivity index (χ0n) is 10.9. The molecule has 0 aromatic heterocycles. The number of halogens is 2. The van der Waals surface area contributed by atoms with Crippen LogP contribution in [0.3, 0.4) is 0 Å². The van der Waals surface area contributed by atoms with E-state index in [1.165, 1.54) is 6.07 Å². The van der Waals surface area contributed by atoms with Gasteiger partial charge in [-0.2, -0.15) is 0 Å². The lowest BCUT2D eigenvalue weighted by atomic mass is 9.94. The van der Waals surface area contributed by atoms with Crippen molar-refractivity contribution >= 4 is 15.9 Å². The third-order valence-corrected chi connectivity index (χ3v) is 4.17. The molecule has 2 nitrogen and oxygen atoms in total. The first-order chi connectivity index (χ1) is 8.47. The summed E-state index contributed by atoms with van der Waals surface area (Å²) >= 11 is 3.40. The average Bonchev–Trinajstić information content (AvgIpc) is 2.30. The van der Waals surface area contributed by atoms with Crippen molar-refractivity contribution in [2.45, 2.75) is 32.4 Å². The van der Waals surface area contributed by atoms with Gasteiger partial charge in [-0.1, -0.05) is 22.9 Å². The second kappa shape index (κ2) is 5.68. The number of rotatable bonds is 2. The van der Waals surface area contributed by atoms with E-state index < -0.39 is 0 Å². The van der Waals surface area contributed by atoms with E-state index in [2.05, 4.69) is 34.7 Å². The van der Waals surface area contributed by atoms with E-state index in [1.807, 2.05) is 6.07 Å². The Balaban J connectivity index is 2.19. The van der Waals surface area contributed by atoms with Crippen LogP contribution in [0.5, 0.6) is 0 Å². The third kappa shape index (κ3) is 3.11. The summed E-state index contributed by atoms with van der Waals surface area (Å²) in [5.74, 6) is 0.434. The van der Waals surface area contributed by atoms with Crippen LogP contribution in [0.2, 0.25) is 0 Å². The maximum absolute atomic E-state index is 13.9. The van der Waals surface area contributed by atoms with Gasteiger partial charge >= 0.3 is 0 Å². The summed E-state index contributed by atoms with van der Waals surface area (Å²) in [4.78, 5) is 2.28. The molecule has 3 atom stereocenters. The molecular weight excluding hydrogens is 295 g/mol. The Bertz CT molecular complexity index is 414. The molecule has 0 aliphatic carbocycles. The van der Waals surface area contributed by atoms with Crippen molar-refractivity contribution in [2.24, 2.45) is 11.7 Å². The Morgan fingerprint density at radius 3 is 2.83 bits per heavy atom. The molecule has 18 heavy (non-hydrogen) atoms. The van der Waals surface area contributed by atoms with E-state index in [4.69, 9.17) is 5.73 Å². The first-order valence-corrected chi connectivity index (χ1v) is 7.21. The zero-order chi connectivity index (χ0) is 13.3. The van der Waals surface area contributed by atoms with Gasteiger partial charge in [0.25, 0.3) is 0 Å². The summed E-state index contributed by atoms with van der Waals surface area (Å²) in [6, 6.07) is 5.38. The maximum Gasteiger partial charge on any atom is 0.128 e. The minimum atomic E-state index is -0.141. The van der Waals surface area contributed by atoms with Crippen LogP contribution in [-0.4, -0.2) is 24.0 Å². The number of nitrogens with zero attached hydrogens (tertiary/aromatic N) is 1. The van der Waals surface area contributed by atoms with Crippen LogP contribution in [0.4, 0.5) is 4.39 Å². The molecule has 0 amide bonds. The standard InChI is InChI=1S/C14H20BrFN2/c1-9-5-12(17)8-18(7-9)10(2)13-6-11(15)3-4-14(13)16/h3-4,6,9-10,12H,5,7-8,17H2,1-2H3. The Morgan fingerprint density at radius 2 is 2.17 bits per heavy atom. The van der Waals surface area contributed by atoms with Crippen LogP contribution in [-0.2, 0) is 0 Å². The van der Waals surface area contributed by atoms with E-state index in [-0.39, 0.29) is 17.9 Å². The maximum atomic E-state index is 13.9. The highest BCUT2D eigenvalue weighted by atomic mass is 79.9. The number of nitrogens with two attached hydrogens (primary N) is 1. The van der Waals surface area contributed by atoms with Gasteiger partial charge in [0.05, 0.1) is 0 Å². The molecule has 2 N–H and O–H groups in total. The molecule has 1 aromatic carbocycles. The molecule has 2 rings (SSSR count). The highest BCUT2D eigenvalue weighted by molar-refractivity contribution is 9.10. The number of likely N-dealkylation sites (tertiary alicyclic amines) is 1. The fourth-order valence-electron chi connectivity index (χ4n) is 2.79. The molecule has 0 radical (unpaired) electrons. The molecule has 1 heterocycles. The lowest BCUT2D eigenvalue weighted by Gasteiger charge is -2.38. The van der Waals surface area contributed by atoms with Gasteiger partial charge in [-0.15, -0.1) is 0 Å². The topological polar surface area (TPSA) is 29.3 Å².